The molecule has 0 spiro atoms. The second kappa shape index (κ2) is 6.46. The Morgan fingerprint density at radius 1 is 1.23 bits per heavy atom. The van der Waals surface area contributed by atoms with Crippen molar-refractivity contribution in [2.45, 2.75) is 11.8 Å². The van der Waals surface area contributed by atoms with Crippen molar-refractivity contribution in [3.8, 4) is 5.75 Å². The van der Waals surface area contributed by atoms with E-state index in [2.05, 4.69) is 0 Å². The standard InChI is InChI=1S/C15H17ClN2O3S/c1-3-18(14-6-4-5-7-15(14)21-2)22(19,20)11-8-9-12(16)13(17)10-11/h4-10H,3,17H2,1-2H3. The van der Waals surface area contributed by atoms with E-state index in [1.54, 1.807) is 31.2 Å². The van der Waals surface area contributed by atoms with Gasteiger partial charge in [-0.3, -0.25) is 4.31 Å². The maximum Gasteiger partial charge on any atom is 0.264 e. The Morgan fingerprint density at radius 2 is 1.91 bits per heavy atom. The van der Waals surface area contributed by atoms with E-state index in [1.807, 2.05) is 0 Å². The zero-order chi connectivity index (χ0) is 16.3. The number of nitrogens with zero attached hydrogens (tertiary/aromatic N) is 1. The van der Waals surface area contributed by atoms with Gasteiger partial charge in [0.1, 0.15) is 5.75 Å². The van der Waals surface area contributed by atoms with E-state index in [-0.39, 0.29) is 17.1 Å². The summed E-state index contributed by atoms with van der Waals surface area (Å²) in [6, 6.07) is 11.2. The summed E-state index contributed by atoms with van der Waals surface area (Å²) in [5.74, 6) is 0.481. The summed E-state index contributed by atoms with van der Waals surface area (Å²) in [5.41, 5.74) is 6.41. The molecule has 0 aliphatic rings. The van der Waals surface area contributed by atoms with E-state index in [0.29, 0.717) is 16.5 Å². The molecule has 0 radical (unpaired) electrons. The highest BCUT2D eigenvalue weighted by atomic mass is 35.5. The van der Waals surface area contributed by atoms with Crippen LogP contribution < -0.4 is 14.8 Å². The topological polar surface area (TPSA) is 72.6 Å². The van der Waals surface area contributed by atoms with Gasteiger partial charge in [-0.2, -0.15) is 0 Å². The van der Waals surface area contributed by atoms with Crippen molar-refractivity contribution in [1.82, 2.24) is 0 Å². The fourth-order valence-corrected chi connectivity index (χ4v) is 3.75. The molecule has 5 nitrogen and oxygen atoms in total. The molecule has 0 aliphatic carbocycles. The number of ether oxygens (including phenoxy) is 1. The van der Waals surface area contributed by atoms with Crippen molar-refractivity contribution >= 4 is 33.0 Å². The molecule has 0 unspecified atom stereocenters. The molecular weight excluding hydrogens is 324 g/mol. The van der Waals surface area contributed by atoms with Gasteiger partial charge in [-0.05, 0) is 37.3 Å². The highest BCUT2D eigenvalue weighted by Gasteiger charge is 2.26. The van der Waals surface area contributed by atoms with Crippen molar-refractivity contribution in [1.29, 1.82) is 0 Å². The van der Waals surface area contributed by atoms with Gasteiger partial charge in [0.2, 0.25) is 0 Å². The molecule has 0 aromatic heterocycles. The Balaban J connectivity index is 2.56. The summed E-state index contributed by atoms with van der Waals surface area (Å²) in [7, 11) is -2.26. The van der Waals surface area contributed by atoms with E-state index in [4.69, 9.17) is 22.1 Å². The van der Waals surface area contributed by atoms with Crippen molar-refractivity contribution in [3.05, 3.63) is 47.5 Å². The minimum absolute atomic E-state index is 0.0853. The van der Waals surface area contributed by atoms with Gasteiger partial charge in [-0.25, -0.2) is 8.42 Å². The maximum atomic E-state index is 12.9. The van der Waals surface area contributed by atoms with Gasteiger partial charge in [0, 0.05) is 6.54 Å². The molecule has 0 saturated heterocycles. The third kappa shape index (κ3) is 2.98. The van der Waals surface area contributed by atoms with Gasteiger partial charge in [-0.1, -0.05) is 23.7 Å². The Hall–Kier alpha value is -1.92. The molecule has 22 heavy (non-hydrogen) atoms. The summed E-state index contributed by atoms with van der Waals surface area (Å²) in [5, 5.41) is 0.319. The van der Waals surface area contributed by atoms with Crippen LogP contribution in [0.5, 0.6) is 5.75 Å². The fraction of sp³-hybridized carbons (Fsp3) is 0.200. The number of nitrogen functional groups attached to an aromatic ring is 1. The molecular formula is C15H17ClN2O3S. The van der Waals surface area contributed by atoms with Crippen molar-refractivity contribution < 1.29 is 13.2 Å². The van der Waals surface area contributed by atoms with Crippen LogP contribution in [-0.2, 0) is 10.0 Å². The second-order valence-corrected chi connectivity index (χ2v) is 6.79. The van der Waals surface area contributed by atoms with Gasteiger partial charge in [0.25, 0.3) is 10.0 Å². The molecule has 7 heteroatoms. The molecule has 0 heterocycles. The van der Waals surface area contributed by atoms with Crippen molar-refractivity contribution in [2.24, 2.45) is 0 Å². The van der Waals surface area contributed by atoms with Gasteiger partial charge < -0.3 is 10.5 Å². The predicted molar refractivity (Wildman–Crippen MR) is 89.1 cm³/mol. The maximum absolute atomic E-state index is 12.9. The lowest BCUT2D eigenvalue weighted by atomic mass is 10.3. The number of rotatable bonds is 5. The molecule has 0 saturated carbocycles. The number of sulfonamides is 1. The summed E-state index contributed by atoms with van der Waals surface area (Å²) >= 11 is 5.86. The highest BCUT2D eigenvalue weighted by Crippen LogP contribution is 2.33. The number of methoxy groups -OCH3 is 1. The fourth-order valence-electron chi connectivity index (χ4n) is 2.12. The van der Waals surface area contributed by atoms with Crippen LogP contribution >= 0.6 is 11.6 Å². The summed E-state index contributed by atoms with van der Waals surface area (Å²) in [6.07, 6.45) is 0. The number of anilines is 2. The second-order valence-electron chi connectivity index (χ2n) is 4.52. The van der Waals surface area contributed by atoms with Gasteiger partial charge in [0.05, 0.1) is 28.4 Å². The van der Waals surface area contributed by atoms with E-state index in [0.717, 1.165) is 0 Å². The summed E-state index contributed by atoms with van der Waals surface area (Å²) < 4.78 is 32.3. The van der Waals surface area contributed by atoms with E-state index >= 15 is 0 Å². The SMILES string of the molecule is CCN(c1ccccc1OC)S(=O)(=O)c1ccc(Cl)c(N)c1. The summed E-state index contributed by atoms with van der Waals surface area (Å²) in [6.45, 7) is 2.01. The normalized spacial score (nSPS) is 11.2. The molecule has 0 aliphatic heterocycles. The van der Waals surface area contributed by atoms with Crippen LogP contribution in [0.1, 0.15) is 6.92 Å². The van der Waals surface area contributed by atoms with Crippen LogP contribution in [0, 0.1) is 0 Å². The number of hydrogen-bond donors (Lipinski definition) is 1. The van der Waals surface area contributed by atoms with Crippen LogP contribution in [0.3, 0.4) is 0 Å². The van der Waals surface area contributed by atoms with Gasteiger partial charge >= 0.3 is 0 Å². The summed E-state index contributed by atoms with van der Waals surface area (Å²) in [4.78, 5) is 0.0853. The average molecular weight is 341 g/mol. The average Bonchev–Trinajstić information content (AvgIpc) is 2.51. The Morgan fingerprint density at radius 3 is 2.50 bits per heavy atom. The Labute approximate surface area is 135 Å². The number of halogens is 1. The van der Waals surface area contributed by atoms with E-state index < -0.39 is 10.0 Å². The van der Waals surface area contributed by atoms with Crippen molar-refractivity contribution in [2.75, 3.05) is 23.7 Å². The first kappa shape index (κ1) is 16.5. The number of para-hydroxylation sites is 2. The first-order valence-corrected chi connectivity index (χ1v) is 8.44. The van der Waals surface area contributed by atoms with Crippen LogP contribution in [0.15, 0.2) is 47.4 Å². The van der Waals surface area contributed by atoms with Crippen molar-refractivity contribution in [3.63, 3.8) is 0 Å². The predicted octanol–water partition coefficient (Wildman–Crippen LogP) is 3.15. The molecule has 118 valence electrons. The van der Waals surface area contributed by atoms with Crippen LogP contribution in [-0.4, -0.2) is 22.1 Å². The minimum atomic E-state index is -3.76. The van der Waals surface area contributed by atoms with Crippen LogP contribution in [0.25, 0.3) is 0 Å². The zero-order valence-corrected chi connectivity index (χ0v) is 13.9. The van der Waals surface area contributed by atoms with E-state index in [1.165, 1.54) is 29.6 Å². The van der Waals surface area contributed by atoms with Gasteiger partial charge in [0.15, 0.2) is 0 Å². The lowest BCUT2D eigenvalue weighted by Gasteiger charge is -2.24. The highest BCUT2D eigenvalue weighted by molar-refractivity contribution is 7.92. The molecule has 0 fully saturated rings. The number of hydrogen-bond acceptors (Lipinski definition) is 4. The van der Waals surface area contributed by atoms with Gasteiger partial charge in [-0.15, -0.1) is 0 Å². The monoisotopic (exact) mass is 340 g/mol. The molecule has 2 rings (SSSR count). The Kier molecular flexibility index (Phi) is 4.83. The van der Waals surface area contributed by atoms with Crippen LogP contribution in [0.2, 0.25) is 5.02 Å². The first-order chi connectivity index (χ1) is 10.4. The lowest BCUT2D eigenvalue weighted by Crippen LogP contribution is -2.31. The first-order valence-electron chi connectivity index (χ1n) is 6.62. The third-order valence-corrected chi connectivity index (χ3v) is 5.43. The number of nitrogens with two attached hydrogens (primary N) is 1. The lowest BCUT2D eigenvalue weighted by molar-refractivity contribution is 0.415. The number of benzene rings is 2. The Bertz CT molecular complexity index is 778. The van der Waals surface area contributed by atoms with E-state index in [9.17, 15) is 8.42 Å². The molecule has 0 atom stereocenters. The molecule has 2 aromatic carbocycles. The largest absolute Gasteiger partial charge is 0.495 e. The quantitative estimate of drug-likeness (QED) is 0.849. The third-order valence-electron chi connectivity index (χ3n) is 3.20. The minimum Gasteiger partial charge on any atom is -0.495 e. The van der Waals surface area contributed by atoms with Crippen LogP contribution in [0.4, 0.5) is 11.4 Å². The zero-order valence-electron chi connectivity index (χ0n) is 12.3. The molecule has 0 amide bonds. The molecule has 2 N–H and O–H groups in total. The smallest absolute Gasteiger partial charge is 0.264 e. The molecule has 0 bridgehead atoms. The molecule has 2 aromatic rings.